The lowest BCUT2D eigenvalue weighted by molar-refractivity contribution is -0.115. The highest BCUT2D eigenvalue weighted by Gasteiger charge is 2.16. The second-order valence-electron chi connectivity index (χ2n) is 4.37. The van der Waals surface area contributed by atoms with Crippen molar-refractivity contribution in [1.82, 2.24) is 9.78 Å². The average Bonchev–Trinajstić information content (AvgIpc) is 2.76. The van der Waals surface area contributed by atoms with E-state index in [1.165, 1.54) is 10.9 Å². The Kier molecular flexibility index (Phi) is 4.50. The number of benzene rings is 1. The molecule has 0 aliphatic carbocycles. The first-order chi connectivity index (χ1) is 9.88. The summed E-state index contributed by atoms with van der Waals surface area (Å²) in [6.45, 7) is 0. The van der Waals surface area contributed by atoms with Crippen molar-refractivity contribution in [2.45, 2.75) is 6.42 Å². The van der Waals surface area contributed by atoms with E-state index in [0.717, 1.165) is 0 Å². The van der Waals surface area contributed by atoms with Crippen molar-refractivity contribution in [3.05, 3.63) is 45.6 Å². The topological polar surface area (TPSA) is 90.0 Å². The Morgan fingerprint density at radius 1 is 1.38 bits per heavy atom. The second-order valence-corrected chi connectivity index (χ2v) is 5.15. The summed E-state index contributed by atoms with van der Waals surface area (Å²) in [6, 6.07) is 5.03. The first-order valence-corrected chi connectivity index (χ1v) is 6.70. The number of hydrogen-bond donors (Lipinski definition) is 2. The molecule has 0 saturated carbocycles. The molecular formula is C13H12Cl2N4O2. The number of amides is 2. The summed E-state index contributed by atoms with van der Waals surface area (Å²) in [7, 11) is 1.62. The molecule has 0 aliphatic rings. The highest BCUT2D eigenvalue weighted by atomic mass is 35.5. The molecule has 0 spiro atoms. The third-order valence-electron chi connectivity index (χ3n) is 2.73. The zero-order valence-electron chi connectivity index (χ0n) is 11.1. The Morgan fingerprint density at radius 3 is 2.76 bits per heavy atom. The van der Waals surface area contributed by atoms with Crippen molar-refractivity contribution in [2.24, 2.45) is 12.8 Å². The van der Waals surface area contributed by atoms with Gasteiger partial charge in [0.25, 0.3) is 5.91 Å². The Bertz CT molecular complexity index is 712. The first kappa shape index (κ1) is 15.3. The van der Waals surface area contributed by atoms with Gasteiger partial charge in [-0.05, 0) is 11.6 Å². The average molecular weight is 327 g/mol. The number of aryl methyl sites for hydroxylation is 1. The van der Waals surface area contributed by atoms with Crippen molar-refractivity contribution in [3.8, 4) is 0 Å². The van der Waals surface area contributed by atoms with Gasteiger partial charge in [0.2, 0.25) is 5.91 Å². The third kappa shape index (κ3) is 3.53. The fraction of sp³-hybridized carbons (Fsp3) is 0.154. The molecule has 3 N–H and O–H groups in total. The number of rotatable bonds is 4. The van der Waals surface area contributed by atoms with Gasteiger partial charge < -0.3 is 11.1 Å². The number of nitrogens with one attached hydrogen (secondary N) is 1. The monoisotopic (exact) mass is 326 g/mol. The van der Waals surface area contributed by atoms with Crippen LogP contribution in [0.1, 0.15) is 15.9 Å². The van der Waals surface area contributed by atoms with E-state index in [2.05, 4.69) is 10.4 Å². The molecule has 0 saturated heterocycles. The molecule has 0 unspecified atom stereocenters. The molecule has 1 aromatic carbocycles. The minimum Gasteiger partial charge on any atom is -0.365 e. The van der Waals surface area contributed by atoms with Gasteiger partial charge in [0, 0.05) is 13.2 Å². The molecule has 0 radical (unpaired) electrons. The van der Waals surface area contributed by atoms with Crippen LogP contribution in [0.3, 0.4) is 0 Å². The maximum atomic E-state index is 12.0. The van der Waals surface area contributed by atoms with Crippen LogP contribution >= 0.6 is 23.2 Å². The summed E-state index contributed by atoms with van der Waals surface area (Å²) in [6.07, 6.45) is 1.44. The van der Waals surface area contributed by atoms with Crippen LogP contribution in [0.25, 0.3) is 0 Å². The second kappa shape index (κ2) is 6.15. The van der Waals surface area contributed by atoms with E-state index >= 15 is 0 Å². The molecule has 2 rings (SSSR count). The summed E-state index contributed by atoms with van der Waals surface area (Å²) in [5.74, 6) is -0.923. The molecule has 0 atom stereocenters. The number of carbonyl (C=O) groups is 2. The number of halogens is 2. The minimum atomic E-state index is -0.667. The molecule has 6 nitrogen and oxygen atoms in total. The van der Waals surface area contributed by atoms with Crippen LogP contribution in [0.5, 0.6) is 0 Å². The molecule has 0 fully saturated rings. The van der Waals surface area contributed by atoms with Gasteiger partial charge in [-0.15, -0.1) is 0 Å². The van der Waals surface area contributed by atoms with Crippen LogP contribution in [-0.4, -0.2) is 21.6 Å². The van der Waals surface area contributed by atoms with E-state index < -0.39 is 5.91 Å². The largest absolute Gasteiger partial charge is 0.365 e. The van der Waals surface area contributed by atoms with E-state index in [-0.39, 0.29) is 23.7 Å². The molecule has 1 aromatic heterocycles. The Morgan fingerprint density at radius 2 is 2.10 bits per heavy atom. The number of anilines is 1. The van der Waals surface area contributed by atoms with E-state index in [0.29, 0.717) is 15.6 Å². The van der Waals surface area contributed by atoms with Gasteiger partial charge in [0.1, 0.15) is 5.56 Å². The summed E-state index contributed by atoms with van der Waals surface area (Å²) < 4.78 is 1.39. The van der Waals surface area contributed by atoms with E-state index in [9.17, 15) is 9.59 Å². The van der Waals surface area contributed by atoms with Crippen molar-refractivity contribution >= 4 is 40.8 Å². The smallest absolute Gasteiger partial charge is 0.254 e. The fourth-order valence-electron chi connectivity index (χ4n) is 1.80. The van der Waals surface area contributed by atoms with Gasteiger partial charge in [-0.3, -0.25) is 14.3 Å². The molecule has 1 heterocycles. The van der Waals surface area contributed by atoms with Crippen LogP contribution in [0.2, 0.25) is 10.0 Å². The lowest BCUT2D eigenvalue weighted by atomic mass is 10.1. The summed E-state index contributed by atoms with van der Waals surface area (Å²) in [4.78, 5) is 23.3. The minimum absolute atomic E-state index is 0.00810. The SMILES string of the molecule is Cn1cc(C(N)=O)c(NC(=O)Cc2cccc(Cl)c2Cl)n1. The Balaban J connectivity index is 2.16. The van der Waals surface area contributed by atoms with Gasteiger partial charge in [-0.2, -0.15) is 5.10 Å². The molecule has 8 heteroatoms. The van der Waals surface area contributed by atoms with Crippen molar-refractivity contribution in [1.29, 1.82) is 0 Å². The molecule has 2 aromatic rings. The molecule has 21 heavy (non-hydrogen) atoms. The number of aromatic nitrogens is 2. The Hall–Kier alpha value is -2.05. The maximum absolute atomic E-state index is 12.0. The standard InChI is InChI=1S/C13H12Cl2N4O2/c1-19-6-8(12(16)21)13(18-19)17-10(20)5-7-3-2-4-9(14)11(7)15/h2-4,6H,5H2,1H3,(H2,16,21)(H,17,18,20). The molecule has 0 bridgehead atoms. The third-order valence-corrected chi connectivity index (χ3v) is 3.59. The quantitative estimate of drug-likeness (QED) is 0.900. The van der Waals surface area contributed by atoms with E-state index in [4.69, 9.17) is 28.9 Å². The molecular weight excluding hydrogens is 315 g/mol. The number of nitrogens with zero attached hydrogens (tertiary/aromatic N) is 2. The first-order valence-electron chi connectivity index (χ1n) is 5.94. The molecule has 110 valence electrons. The van der Waals surface area contributed by atoms with Crippen LogP contribution in [0.4, 0.5) is 5.82 Å². The fourth-order valence-corrected chi connectivity index (χ4v) is 2.18. The predicted octanol–water partition coefficient (Wildman–Crippen LogP) is 2.01. The summed E-state index contributed by atoms with van der Waals surface area (Å²) in [5.41, 5.74) is 5.94. The maximum Gasteiger partial charge on any atom is 0.254 e. The zero-order chi connectivity index (χ0) is 15.6. The lowest BCUT2D eigenvalue weighted by Crippen LogP contribution is -2.19. The summed E-state index contributed by atoms with van der Waals surface area (Å²) >= 11 is 11.9. The van der Waals surface area contributed by atoms with Gasteiger partial charge >= 0.3 is 0 Å². The lowest BCUT2D eigenvalue weighted by Gasteiger charge is -2.06. The number of nitrogens with two attached hydrogens (primary N) is 1. The van der Waals surface area contributed by atoms with Crippen LogP contribution in [0, 0.1) is 0 Å². The van der Waals surface area contributed by atoms with Crippen molar-refractivity contribution < 1.29 is 9.59 Å². The van der Waals surface area contributed by atoms with Gasteiger partial charge in [-0.25, -0.2) is 0 Å². The van der Waals surface area contributed by atoms with E-state index in [1.807, 2.05) is 0 Å². The number of hydrogen-bond acceptors (Lipinski definition) is 3. The highest BCUT2D eigenvalue weighted by molar-refractivity contribution is 6.42. The Labute approximate surface area is 130 Å². The molecule has 2 amide bonds. The van der Waals surface area contributed by atoms with Crippen molar-refractivity contribution in [3.63, 3.8) is 0 Å². The van der Waals surface area contributed by atoms with Gasteiger partial charge in [-0.1, -0.05) is 35.3 Å². The van der Waals surface area contributed by atoms with Crippen LogP contribution in [0.15, 0.2) is 24.4 Å². The van der Waals surface area contributed by atoms with E-state index in [1.54, 1.807) is 25.2 Å². The van der Waals surface area contributed by atoms with Gasteiger partial charge in [0.15, 0.2) is 5.82 Å². The van der Waals surface area contributed by atoms with Crippen LogP contribution in [-0.2, 0) is 18.3 Å². The zero-order valence-corrected chi connectivity index (χ0v) is 12.6. The number of primary amides is 1. The number of carbonyl (C=O) groups excluding carboxylic acids is 2. The van der Waals surface area contributed by atoms with Crippen LogP contribution < -0.4 is 11.1 Å². The normalized spacial score (nSPS) is 10.4. The molecule has 0 aliphatic heterocycles. The predicted molar refractivity (Wildman–Crippen MR) is 80.5 cm³/mol. The van der Waals surface area contributed by atoms with Crippen molar-refractivity contribution in [2.75, 3.05) is 5.32 Å². The summed E-state index contributed by atoms with van der Waals surface area (Å²) in [5, 5.41) is 7.21. The highest BCUT2D eigenvalue weighted by Crippen LogP contribution is 2.26. The van der Waals surface area contributed by atoms with Gasteiger partial charge in [0.05, 0.1) is 16.5 Å².